The smallest absolute Gasteiger partial charge is 0.376 e. The second kappa shape index (κ2) is 7.72. The Morgan fingerprint density at radius 3 is 2.57 bits per heavy atom. The Morgan fingerprint density at radius 2 is 1.83 bits per heavy atom. The first-order valence-electron chi connectivity index (χ1n) is 8.99. The molecule has 154 valence electrons. The first-order valence-corrected chi connectivity index (χ1v) is 10.7. The number of alkyl halides is 4. The third kappa shape index (κ3) is 3.73. The summed E-state index contributed by atoms with van der Waals surface area (Å²) in [6, 6.07) is 15.3. The van der Waals surface area contributed by atoms with Crippen LogP contribution < -0.4 is 11.1 Å². The molecule has 0 aliphatic heterocycles. The van der Waals surface area contributed by atoms with Gasteiger partial charge in [-0.3, -0.25) is 0 Å². The highest BCUT2D eigenvalue weighted by molar-refractivity contribution is 7.80. The quantitative estimate of drug-likeness (QED) is 0.344. The monoisotopic (exact) mass is 464 g/mol. The van der Waals surface area contributed by atoms with Crippen molar-refractivity contribution in [3.8, 4) is 11.1 Å². The molecule has 2 atom stereocenters. The third-order valence-electron chi connectivity index (χ3n) is 5.02. The van der Waals surface area contributed by atoms with Gasteiger partial charge >= 0.3 is 6.18 Å². The molecule has 0 amide bonds. The van der Waals surface area contributed by atoms with Crippen molar-refractivity contribution in [2.45, 2.75) is 11.1 Å². The van der Waals surface area contributed by atoms with E-state index in [1.54, 1.807) is 5.38 Å². The summed E-state index contributed by atoms with van der Waals surface area (Å²) < 4.78 is 42.2. The molecular weight excluding hydrogens is 449 g/mol. The van der Waals surface area contributed by atoms with Gasteiger partial charge in [0.05, 0.1) is 0 Å². The van der Waals surface area contributed by atoms with Gasteiger partial charge in [-0.2, -0.15) is 13.2 Å². The number of thiophene rings is 1. The minimum atomic E-state index is -4.57. The number of thiocarbonyl (C=S) groups is 1. The van der Waals surface area contributed by atoms with Gasteiger partial charge in [-0.25, -0.2) is 0 Å². The van der Waals surface area contributed by atoms with Crippen molar-refractivity contribution in [2.75, 3.05) is 0 Å². The summed E-state index contributed by atoms with van der Waals surface area (Å²) in [5, 5.41) is 6.18. The van der Waals surface area contributed by atoms with E-state index < -0.39 is 17.0 Å². The number of halogens is 4. The Hall–Kier alpha value is -2.35. The van der Waals surface area contributed by atoms with E-state index in [4.69, 9.17) is 29.6 Å². The maximum Gasteiger partial charge on any atom is 0.397 e. The van der Waals surface area contributed by atoms with Crippen LogP contribution in [0.15, 0.2) is 77.8 Å². The highest BCUT2D eigenvalue weighted by atomic mass is 35.5. The fourth-order valence-electron chi connectivity index (χ4n) is 3.72. The van der Waals surface area contributed by atoms with Crippen LogP contribution >= 0.6 is 35.2 Å². The lowest BCUT2D eigenvalue weighted by atomic mass is 9.82. The first-order chi connectivity index (χ1) is 14.2. The molecule has 0 radical (unpaired) electrons. The van der Waals surface area contributed by atoms with Crippen LogP contribution in [-0.2, 0) is 4.87 Å². The van der Waals surface area contributed by atoms with Crippen molar-refractivity contribution in [1.82, 2.24) is 5.32 Å². The van der Waals surface area contributed by atoms with Crippen molar-refractivity contribution >= 4 is 51.0 Å². The SMILES string of the molecule is NC(=S)NC1=CC(C(F)(F)F)C(Cl)(c2sccc2-c2cccc3ccccc23)C=C1. The predicted molar refractivity (Wildman–Crippen MR) is 121 cm³/mol. The van der Waals surface area contributed by atoms with Gasteiger partial charge in [0.25, 0.3) is 0 Å². The van der Waals surface area contributed by atoms with Crippen LogP contribution in [0.25, 0.3) is 21.9 Å². The van der Waals surface area contributed by atoms with Gasteiger partial charge in [0.2, 0.25) is 0 Å². The van der Waals surface area contributed by atoms with Gasteiger partial charge in [-0.05, 0) is 57.7 Å². The number of nitrogens with two attached hydrogens (primary N) is 1. The Labute approximate surface area is 185 Å². The zero-order valence-electron chi connectivity index (χ0n) is 15.4. The highest BCUT2D eigenvalue weighted by Gasteiger charge is 2.54. The summed E-state index contributed by atoms with van der Waals surface area (Å²) in [6.07, 6.45) is -0.677. The number of hydrogen-bond acceptors (Lipinski definition) is 2. The van der Waals surface area contributed by atoms with Gasteiger partial charge in [0.15, 0.2) is 5.11 Å². The third-order valence-corrected chi connectivity index (χ3v) is 6.85. The summed E-state index contributed by atoms with van der Waals surface area (Å²) >= 11 is 12.7. The minimum Gasteiger partial charge on any atom is -0.376 e. The Morgan fingerprint density at radius 1 is 1.10 bits per heavy atom. The molecule has 4 rings (SSSR count). The molecule has 3 aromatic rings. The van der Waals surface area contributed by atoms with Crippen LogP contribution in [0.5, 0.6) is 0 Å². The van der Waals surface area contributed by atoms with Crippen molar-refractivity contribution < 1.29 is 13.2 Å². The summed E-state index contributed by atoms with van der Waals surface area (Å²) in [5.41, 5.74) is 7.12. The van der Waals surface area contributed by atoms with E-state index in [0.717, 1.165) is 22.4 Å². The second-order valence-electron chi connectivity index (χ2n) is 6.92. The van der Waals surface area contributed by atoms with E-state index in [2.05, 4.69) is 5.32 Å². The van der Waals surface area contributed by atoms with Crippen LogP contribution in [-0.4, -0.2) is 11.3 Å². The van der Waals surface area contributed by atoms with E-state index in [-0.39, 0.29) is 10.8 Å². The van der Waals surface area contributed by atoms with Crippen LogP contribution in [0.2, 0.25) is 0 Å². The normalized spacial score (nSPS) is 21.5. The Balaban J connectivity index is 1.87. The lowest BCUT2D eigenvalue weighted by Crippen LogP contribution is -2.40. The number of rotatable bonds is 3. The van der Waals surface area contributed by atoms with Gasteiger partial charge in [0, 0.05) is 10.6 Å². The van der Waals surface area contributed by atoms with Crippen molar-refractivity contribution in [3.63, 3.8) is 0 Å². The van der Waals surface area contributed by atoms with E-state index in [1.165, 1.54) is 23.5 Å². The minimum absolute atomic E-state index is 0.110. The van der Waals surface area contributed by atoms with Gasteiger partial charge in [-0.15, -0.1) is 22.9 Å². The summed E-state index contributed by atoms with van der Waals surface area (Å²) in [4.78, 5) is -1.36. The lowest BCUT2D eigenvalue weighted by molar-refractivity contribution is -0.167. The molecule has 1 aromatic heterocycles. The van der Waals surface area contributed by atoms with E-state index in [9.17, 15) is 13.2 Å². The molecule has 2 aromatic carbocycles. The molecule has 0 saturated heterocycles. The summed E-state index contributed by atoms with van der Waals surface area (Å²) in [5.74, 6) is -1.96. The van der Waals surface area contributed by atoms with Gasteiger partial charge < -0.3 is 11.1 Å². The van der Waals surface area contributed by atoms with Gasteiger partial charge in [-0.1, -0.05) is 48.5 Å². The Kier molecular flexibility index (Phi) is 5.38. The molecule has 1 heterocycles. The molecule has 2 unspecified atom stereocenters. The molecule has 1 aliphatic rings. The molecule has 0 fully saturated rings. The van der Waals surface area contributed by atoms with Crippen molar-refractivity contribution in [2.24, 2.45) is 11.7 Å². The number of nitrogens with one attached hydrogen (secondary N) is 1. The van der Waals surface area contributed by atoms with Crippen molar-refractivity contribution in [3.05, 3.63) is 82.7 Å². The van der Waals surface area contributed by atoms with Gasteiger partial charge in [0.1, 0.15) is 10.8 Å². The molecular formula is C22H16ClF3N2S2. The summed E-state index contributed by atoms with van der Waals surface area (Å²) in [6.45, 7) is 0. The predicted octanol–water partition coefficient (Wildman–Crippen LogP) is 6.47. The standard InChI is InChI=1S/C22H16ClF3N2S2/c23-21(10-8-14(28-20(27)29)12-18(21)22(24,25)26)19-17(9-11-30-19)16-7-3-5-13-4-1-2-6-15(13)16/h1-12,18H,(H3,27,28,29). The average Bonchev–Trinajstić information content (AvgIpc) is 3.18. The fourth-order valence-corrected chi connectivity index (χ4v) is 5.35. The van der Waals surface area contributed by atoms with Crippen LogP contribution in [0.1, 0.15) is 4.88 Å². The molecule has 3 N–H and O–H groups in total. The molecule has 1 aliphatic carbocycles. The number of fused-ring (bicyclic) bond motifs is 1. The lowest BCUT2D eigenvalue weighted by Gasteiger charge is -2.35. The molecule has 0 spiro atoms. The largest absolute Gasteiger partial charge is 0.397 e. The first kappa shape index (κ1) is 20.9. The fraction of sp³-hybridized carbons (Fsp3) is 0.136. The molecule has 2 nitrogen and oxygen atoms in total. The zero-order valence-corrected chi connectivity index (χ0v) is 17.8. The molecule has 30 heavy (non-hydrogen) atoms. The van der Waals surface area contributed by atoms with Crippen LogP contribution in [0.3, 0.4) is 0 Å². The Bertz CT molecular complexity index is 1180. The van der Waals surface area contributed by atoms with E-state index >= 15 is 0 Å². The number of allylic oxidation sites excluding steroid dienone is 3. The zero-order chi connectivity index (χ0) is 21.5. The second-order valence-corrected chi connectivity index (χ2v) is 8.90. The number of benzene rings is 2. The maximum atomic E-state index is 14.1. The molecule has 0 saturated carbocycles. The van der Waals surface area contributed by atoms with Crippen molar-refractivity contribution in [1.29, 1.82) is 0 Å². The highest BCUT2D eigenvalue weighted by Crippen LogP contribution is 2.53. The van der Waals surface area contributed by atoms with Crippen LogP contribution in [0.4, 0.5) is 13.2 Å². The summed E-state index contributed by atoms with van der Waals surface area (Å²) in [7, 11) is 0. The maximum absolute atomic E-state index is 14.1. The number of hydrogen-bond donors (Lipinski definition) is 2. The van der Waals surface area contributed by atoms with Crippen LogP contribution in [0, 0.1) is 5.92 Å². The molecule has 0 bridgehead atoms. The topological polar surface area (TPSA) is 38.0 Å². The van der Waals surface area contributed by atoms with E-state index in [1.807, 2.05) is 48.5 Å². The van der Waals surface area contributed by atoms with E-state index in [0.29, 0.717) is 10.4 Å². The molecule has 8 heteroatoms. The average molecular weight is 465 g/mol.